The molecule has 2 atom stereocenters. The molecule has 9 rings (SSSR count). The zero-order valence-corrected chi connectivity index (χ0v) is 29.2. The number of carbonyl (C=O) groups is 2. The van der Waals surface area contributed by atoms with Gasteiger partial charge in [0.2, 0.25) is 0 Å². The van der Waals surface area contributed by atoms with Gasteiger partial charge in [0.15, 0.2) is 0 Å². The average molecular weight is 677 g/mol. The summed E-state index contributed by atoms with van der Waals surface area (Å²) in [5, 5.41) is 6.09. The van der Waals surface area contributed by atoms with Crippen molar-refractivity contribution in [2.45, 2.75) is 21.5 Å². The van der Waals surface area contributed by atoms with Crippen LogP contribution in [0.2, 0.25) is 13.1 Å². The molecule has 1 fully saturated rings. The molecule has 3 aliphatic rings. The molecule has 0 bridgehead atoms. The van der Waals surface area contributed by atoms with Crippen LogP contribution in [0, 0.1) is 0 Å². The van der Waals surface area contributed by atoms with Crippen molar-refractivity contribution in [3.05, 3.63) is 177 Å². The first kappa shape index (κ1) is 29.3. The maximum absolute atomic E-state index is 14.8. The van der Waals surface area contributed by atoms with Gasteiger partial charge in [-0.25, -0.2) is 0 Å². The van der Waals surface area contributed by atoms with Crippen molar-refractivity contribution in [2.75, 3.05) is 0 Å². The molecular formula is C42H32O4SiTi. The van der Waals surface area contributed by atoms with Crippen molar-refractivity contribution in [3.63, 3.8) is 0 Å². The molecule has 232 valence electrons. The third-order valence-corrected chi connectivity index (χ3v) is 21.3. The Morgan fingerprint density at radius 1 is 0.521 bits per heavy atom. The Labute approximate surface area is 284 Å². The summed E-state index contributed by atoms with van der Waals surface area (Å²) in [4.78, 5) is 29.7. The monoisotopic (exact) mass is 676 g/mol. The Balaban J connectivity index is 1.31. The predicted octanol–water partition coefficient (Wildman–Crippen LogP) is 10.1. The van der Waals surface area contributed by atoms with Crippen LogP contribution in [-0.4, -0.2) is 20.0 Å². The first-order valence-corrected chi connectivity index (χ1v) is 22.5. The van der Waals surface area contributed by atoms with E-state index in [0.29, 0.717) is 11.1 Å². The van der Waals surface area contributed by atoms with Crippen LogP contribution in [0.1, 0.15) is 51.4 Å². The molecular weight excluding hydrogens is 644 g/mol. The van der Waals surface area contributed by atoms with Crippen molar-refractivity contribution in [1.82, 2.24) is 0 Å². The van der Waals surface area contributed by atoms with Gasteiger partial charge in [-0.3, -0.25) is 0 Å². The summed E-state index contributed by atoms with van der Waals surface area (Å²) in [6.07, 6.45) is 4.62. The van der Waals surface area contributed by atoms with E-state index in [1.165, 1.54) is 10.4 Å². The van der Waals surface area contributed by atoms with Crippen LogP contribution in [0.3, 0.4) is 0 Å². The van der Waals surface area contributed by atoms with Crippen LogP contribution in [0.25, 0.3) is 33.7 Å². The number of fused-ring (bicyclic) bond motifs is 8. The molecule has 6 aromatic carbocycles. The molecule has 0 aromatic heterocycles. The molecule has 1 heterocycles. The molecule has 48 heavy (non-hydrogen) atoms. The predicted molar refractivity (Wildman–Crippen MR) is 191 cm³/mol. The van der Waals surface area contributed by atoms with E-state index in [1.54, 1.807) is 0 Å². The third kappa shape index (κ3) is 4.25. The molecule has 4 nitrogen and oxygen atoms in total. The summed E-state index contributed by atoms with van der Waals surface area (Å²) in [6, 6.07) is 43.9. The van der Waals surface area contributed by atoms with Crippen LogP contribution in [0.5, 0.6) is 0 Å². The Morgan fingerprint density at radius 2 is 0.917 bits per heavy atom. The molecule has 2 unspecified atom stereocenters. The van der Waals surface area contributed by atoms with Crippen molar-refractivity contribution < 1.29 is 33.6 Å². The summed E-state index contributed by atoms with van der Waals surface area (Å²) in [5.41, 5.74) is 5.37. The van der Waals surface area contributed by atoms with Gasteiger partial charge in [0.1, 0.15) is 0 Å². The molecule has 0 amide bonds. The van der Waals surface area contributed by atoms with Gasteiger partial charge in [-0.05, 0) is 0 Å². The summed E-state index contributed by atoms with van der Waals surface area (Å²) in [6.45, 7) is 4.79. The number of hydrogen-bond acceptors (Lipinski definition) is 4. The first-order valence-electron chi connectivity index (χ1n) is 16.4. The Kier molecular flexibility index (Phi) is 6.64. The second-order valence-electron chi connectivity index (χ2n) is 13.5. The normalized spacial score (nSPS) is 19.4. The van der Waals surface area contributed by atoms with Gasteiger partial charge in [-0.1, -0.05) is 0 Å². The fourth-order valence-corrected chi connectivity index (χ4v) is 22.9. The van der Waals surface area contributed by atoms with Gasteiger partial charge in [-0.2, -0.15) is 0 Å². The van der Waals surface area contributed by atoms with Gasteiger partial charge in [0, 0.05) is 0 Å². The fraction of sp³-hybridized carbons (Fsp3) is 0.0952. The number of allylic oxidation sites excluding steroid dienone is 2. The van der Waals surface area contributed by atoms with Crippen molar-refractivity contribution in [3.8, 4) is 0 Å². The van der Waals surface area contributed by atoms with Crippen molar-refractivity contribution in [2.24, 2.45) is 0 Å². The second-order valence-corrected chi connectivity index (χ2v) is 22.6. The standard InChI is InChI=1S/C20H18Si.2C11H8O2.Ti/c1-21(2,19-11-15-7-3-4-8-16(15)12-19)20-13-17-9-5-6-10-18(17)14-20;2*12-11(13)10-7-3-5-8-4-1-2-6-9(8)10;/h3-14H,1-2H3;2*1-7H,(H,12,13);/q;;;+2/p-2. The number of benzene rings is 6. The van der Waals surface area contributed by atoms with Gasteiger partial charge in [-0.15, -0.1) is 0 Å². The van der Waals surface area contributed by atoms with Crippen molar-refractivity contribution >= 4 is 53.7 Å². The van der Waals surface area contributed by atoms with Gasteiger partial charge in [0.25, 0.3) is 0 Å². The minimum absolute atomic E-state index is 0.297. The van der Waals surface area contributed by atoms with Crippen LogP contribution in [0.15, 0.2) is 144 Å². The zero-order valence-electron chi connectivity index (χ0n) is 26.6. The summed E-state index contributed by atoms with van der Waals surface area (Å²) in [5.74, 6) is -0.877. The summed E-state index contributed by atoms with van der Waals surface area (Å²) in [7, 11) is -2.30. The zero-order chi connectivity index (χ0) is 32.6. The summed E-state index contributed by atoms with van der Waals surface area (Å²) < 4.78 is 13.7. The molecule has 6 aromatic rings. The van der Waals surface area contributed by atoms with E-state index in [1.807, 2.05) is 97.1 Å². The third-order valence-electron chi connectivity index (χ3n) is 10.6. The molecule has 0 saturated carbocycles. The average Bonchev–Trinajstić information content (AvgIpc) is 3.72. The topological polar surface area (TPSA) is 52.6 Å². The minimum atomic E-state index is -4.80. The first-order chi connectivity index (χ1) is 23.4. The van der Waals surface area contributed by atoms with E-state index in [2.05, 4.69) is 61.6 Å². The summed E-state index contributed by atoms with van der Waals surface area (Å²) >= 11 is -4.80. The molecule has 0 spiro atoms. The molecule has 6 heteroatoms. The Morgan fingerprint density at radius 3 is 1.40 bits per heavy atom. The number of carbonyl (C=O) groups excluding carboxylic acids is 2. The van der Waals surface area contributed by atoms with Crippen LogP contribution < -0.4 is 0 Å². The van der Waals surface area contributed by atoms with Gasteiger partial charge in [0.05, 0.1) is 0 Å². The van der Waals surface area contributed by atoms with E-state index in [-0.39, 0.29) is 8.45 Å². The molecule has 0 radical (unpaired) electrons. The van der Waals surface area contributed by atoms with E-state index < -0.39 is 37.4 Å². The van der Waals surface area contributed by atoms with Gasteiger partial charge < -0.3 is 0 Å². The number of hydrogen-bond donors (Lipinski definition) is 0. The van der Waals surface area contributed by atoms with Crippen LogP contribution >= 0.6 is 0 Å². The molecule has 0 N–H and O–H groups in total. The van der Waals surface area contributed by atoms with Crippen LogP contribution in [-0.2, 0) is 24.0 Å². The van der Waals surface area contributed by atoms with Crippen LogP contribution in [0.4, 0.5) is 0 Å². The molecule has 1 aliphatic heterocycles. The van der Waals surface area contributed by atoms with E-state index >= 15 is 0 Å². The Hall–Kier alpha value is -4.81. The number of rotatable bonds is 4. The quantitative estimate of drug-likeness (QED) is 0.175. The Bertz CT molecular complexity index is 2230. The second kappa shape index (κ2) is 10.9. The fourth-order valence-electron chi connectivity index (χ4n) is 8.39. The molecule has 1 saturated heterocycles. The van der Waals surface area contributed by atoms with E-state index in [9.17, 15) is 9.59 Å². The SMILES string of the molecule is C[Si]1(C)C2=Cc3ccccc3[CH]2[Ti]([O]C(=O)c2cccc3ccccc23)([O]C(=O)c2cccc3ccccc23)[CH]2C1=Cc1ccccc12. The maximum atomic E-state index is 14.8. The van der Waals surface area contributed by atoms with Crippen molar-refractivity contribution in [1.29, 1.82) is 0 Å². The molecule has 2 aliphatic carbocycles. The van der Waals surface area contributed by atoms with E-state index in [4.69, 9.17) is 6.64 Å². The van der Waals surface area contributed by atoms with Gasteiger partial charge >= 0.3 is 286 Å². The van der Waals surface area contributed by atoms with E-state index in [0.717, 1.165) is 43.8 Å².